The Balaban J connectivity index is 0.00000338. The zero-order chi connectivity index (χ0) is 18.5. The average molecular weight is 521 g/mol. The largest absolute Gasteiger partial charge is 0.364 e. The van der Waals surface area contributed by atoms with Gasteiger partial charge in [-0.25, -0.2) is 16.8 Å². The zero-order valence-corrected chi connectivity index (χ0v) is 18.6. The minimum absolute atomic E-state index is 0. The Morgan fingerprint density at radius 2 is 1.92 bits per heavy atom. The minimum Gasteiger partial charge on any atom is -0.364 e. The molecule has 0 bridgehead atoms. The fourth-order valence-electron chi connectivity index (χ4n) is 2.45. The molecule has 0 aliphatic carbocycles. The first-order chi connectivity index (χ1) is 11.7. The number of rotatable bonds is 6. The molecule has 1 aromatic heterocycles. The number of sulfone groups is 1. The van der Waals surface area contributed by atoms with E-state index in [0.29, 0.717) is 37.8 Å². The van der Waals surface area contributed by atoms with Crippen molar-refractivity contribution in [2.24, 2.45) is 4.99 Å². The second-order valence-electron chi connectivity index (χ2n) is 5.74. The van der Waals surface area contributed by atoms with Gasteiger partial charge in [0.15, 0.2) is 5.96 Å². The van der Waals surface area contributed by atoms with Crippen molar-refractivity contribution in [2.45, 2.75) is 5.75 Å². The number of guanidine groups is 1. The zero-order valence-electron chi connectivity index (χ0n) is 14.7. The van der Waals surface area contributed by atoms with Crippen molar-refractivity contribution in [1.29, 1.82) is 0 Å². The lowest BCUT2D eigenvalue weighted by Gasteiger charge is -2.35. The maximum Gasteiger partial charge on any atom is 0.220 e. The third-order valence-corrected chi connectivity index (χ3v) is 6.48. The van der Waals surface area contributed by atoms with Crippen LogP contribution in [0.25, 0.3) is 0 Å². The highest BCUT2D eigenvalue weighted by atomic mass is 127. The summed E-state index contributed by atoms with van der Waals surface area (Å²) >= 11 is 0. The second kappa shape index (κ2) is 9.85. The van der Waals surface area contributed by atoms with Crippen molar-refractivity contribution in [3.05, 3.63) is 18.0 Å². The van der Waals surface area contributed by atoms with Crippen molar-refractivity contribution in [3.63, 3.8) is 0 Å². The SMILES string of the molecule is CN=C(NCCS(C)(=O)=O)N1CCN(S(=O)(=O)Cc2ccon2)CC1.I. The summed E-state index contributed by atoms with van der Waals surface area (Å²) in [5.74, 6) is 0.389. The van der Waals surface area contributed by atoms with Crippen LogP contribution in [0.2, 0.25) is 0 Å². The van der Waals surface area contributed by atoms with Crippen LogP contribution in [0.1, 0.15) is 5.69 Å². The third-order valence-electron chi connectivity index (χ3n) is 3.72. The van der Waals surface area contributed by atoms with Gasteiger partial charge in [0.25, 0.3) is 0 Å². The standard InChI is InChI=1S/C13H23N5O5S2.HI/c1-14-13(15-4-10-24(2,19)20)17-5-7-18(8-6-17)25(21,22)11-12-3-9-23-16-12;/h3,9H,4-8,10-11H2,1-2H3,(H,14,15);1H. The predicted molar refractivity (Wildman–Crippen MR) is 109 cm³/mol. The van der Waals surface area contributed by atoms with Crippen LogP contribution < -0.4 is 5.32 Å². The molecular formula is C13H24IN5O5S2. The van der Waals surface area contributed by atoms with Gasteiger partial charge in [-0.1, -0.05) is 5.16 Å². The van der Waals surface area contributed by atoms with Crippen molar-refractivity contribution in [1.82, 2.24) is 19.7 Å². The lowest BCUT2D eigenvalue weighted by Crippen LogP contribution is -2.54. The van der Waals surface area contributed by atoms with Crippen molar-refractivity contribution < 1.29 is 21.4 Å². The average Bonchev–Trinajstić information content (AvgIpc) is 3.03. The van der Waals surface area contributed by atoms with Crippen LogP contribution in [0, 0.1) is 0 Å². The Morgan fingerprint density at radius 3 is 2.42 bits per heavy atom. The maximum atomic E-state index is 12.4. The predicted octanol–water partition coefficient (Wildman–Crippen LogP) is -0.640. The fourth-order valence-corrected chi connectivity index (χ4v) is 4.35. The molecule has 1 aromatic rings. The lowest BCUT2D eigenvalue weighted by molar-refractivity contribution is 0.260. The molecule has 26 heavy (non-hydrogen) atoms. The van der Waals surface area contributed by atoms with Gasteiger partial charge in [-0.3, -0.25) is 4.99 Å². The van der Waals surface area contributed by atoms with E-state index in [2.05, 4.69) is 20.0 Å². The van der Waals surface area contributed by atoms with Crippen molar-refractivity contribution >= 4 is 49.8 Å². The highest BCUT2D eigenvalue weighted by Gasteiger charge is 2.28. The summed E-state index contributed by atoms with van der Waals surface area (Å²) in [6.07, 6.45) is 2.52. The topological polar surface area (TPSA) is 125 Å². The summed E-state index contributed by atoms with van der Waals surface area (Å²) < 4.78 is 53.2. The summed E-state index contributed by atoms with van der Waals surface area (Å²) in [4.78, 5) is 6.03. The van der Waals surface area contributed by atoms with Crippen LogP contribution in [-0.4, -0.2) is 88.9 Å². The van der Waals surface area contributed by atoms with E-state index in [1.54, 1.807) is 7.05 Å². The first-order valence-electron chi connectivity index (χ1n) is 7.72. The van der Waals surface area contributed by atoms with Gasteiger partial charge in [0.2, 0.25) is 10.0 Å². The smallest absolute Gasteiger partial charge is 0.220 e. The number of piperazine rings is 1. The summed E-state index contributed by atoms with van der Waals surface area (Å²) in [5.41, 5.74) is 0.376. The number of aromatic nitrogens is 1. The van der Waals surface area contributed by atoms with Crippen LogP contribution in [0.3, 0.4) is 0 Å². The van der Waals surface area contributed by atoms with E-state index in [-0.39, 0.29) is 42.0 Å². The van der Waals surface area contributed by atoms with E-state index in [0.717, 1.165) is 0 Å². The highest BCUT2D eigenvalue weighted by molar-refractivity contribution is 14.0. The number of halogens is 1. The second-order valence-corrected chi connectivity index (χ2v) is 9.97. The summed E-state index contributed by atoms with van der Waals surface area (Å²) in [7, 11) is -4.90. The molecule has 0 spiro atoms. The monoisotopic (exact) mass is 521 g/mol. The van der Waals surface area contributed by atoms with Crippen LogP contribution >= 0.6 is 24.0 Å². The van der Waals surface area contributed by atoms with E-state index in [4.69, 9.17) is 0 Å². The number of sulfonamides is 1. The molecule has 0 amide bonds. The van der Waals surface area contributed by atoms with Gasteiger partial charge < -0.3 is 14.7 Å². The van der Waals surface area contributed by atoms with Crippen molar-refractivity contribution in [2.75, 3.05) is 51.8 Å². The fraction of sp³-hybridized carbons (Fsp3) is 0.692. The molecular weight excluding hydrogens is 497 g/mol. The molecule has 1 aliphatic rings. The molecule has 0 saturated carbocycles. The Bertz CT molecular complexity index is 787. The normalized spacial score (nSPS) is 17.0. The molecule has 0 unspecified atom stereocenters. The van der Waals surface area contributed by atoms with Crippen LogP contribution in [0.15, 0.2) is 21.8 Å². The maximum absolute atomic E-state index is 12.4. The first kappa shape index (κ1) is 23.1. The first-order valence-corrected chi connectivity index (χ1v) is 11.4. The Morgan fingerprint density at radius 1 is 1.27 bits per heavy atom. The van der Waals surface area contributed by atoms with Crippen LogP contribution in [-0.2, 0) is 25.6 Å². The Kier molecular flexibility index (Phi) is 8.75. The van der Waals surface area contributed by atoms with Crippen molar-refractivity contribution in [3.8, 4) is 0 Å². The molecule has 0 radical (unpaired) electrons. The van der Waals surface area contributed by atoms with E-state index in [1.165, 1.54) is 22.9 Å². The number of hydrogen-bond acceptors (Lipinski definition) is 7. The van der Waals surface area contributed by atoms with Gasteiger partial charge in [0, 0.05) is 52.1 Å². The van der Waals surface area contributed by atoms with Crippen LogP contribution in [0.5, 0.6) is 0 Å². The number of aliphatic imine (C=N–C) groups is 1. The van der Waals surface area contributed by atoms with E-state index in [1.807, 2.05) is 4.90 Å². The summed E-state index contributed by atoms with van der Waals surface area (Å²) in [6.45, 7) is 1.85. The molecule has 1 fully saturated rings. The van der Waals surface area contributed by atoms with Crippen LogP contribution in [0.4, 0.5) is 0 Å². The molecule has 13 heteroatoms. The molecule has 1 N–H and O–H groups in total. The highest BCUT2D eigenvalue weighted by Crippen LogP contribution is 2.12. The van der Waals surface area contributed by atoms with E-state index < -0.39 is 19.9 Å². The summed E-state index contributed by atoms with van der Waals surface area (Å²) in [6, 6.07) is 1.53. The number of nitrogens with zero attached hydrogens (tertiary/aromatic N) is 4. The molecule has 150 valence electrons. The van der Waals surface area contributed by atoms with E-state index in [9.17, 15) is 16.8 Å². The summed E-state index contributed by atoms with van der Waals surface area (Å²) in [5, 5.41) is 6.63. The molecule has 2 rings (SSSR count). The van der Waals surface area contributed by atoms with Gasteiger partial charge in [0.05, 0.1) is 11.4 Å². The third kappa shape index (κ3) is 7.00. The molecule has 1 aliphatic heterocycles. The number of nitrogens with one attached hydrogen (secondary N) is 1. The van der Waals surface area contributed by atoms with Gasteiger partial charge in [-0.2, -0.15) is 4.31 Å². The lowest BCUT2D eigenvalue weighted by atomic mass is 10.4. The van der Waals surface area contributed by atoms with Gasteiger partial charge >= 0.3 is 0 Å². The Labute approximate surface area is 171 Å². The van der Waals surface area contributed by atoms with Gasteiger partial charge in [-0.15, -0.1) is 24.0 Å². The molecule has 1 saturated heterocycles. The number of hydrogen-bond donors (Lipinski definition) is 1. The molecule has 2 heterocycles. The molecule has 0 atom stereocenters. The Hall–Kier alpha value is -0.930. The molecule has 0 aromatic carbocycles. The minimum atomic E-state index is -3.45. The van der Waals surface area contributed by atoms with E-state index >= 15 is 0 Å². The van der Waals surface area contributed by atoms with Gasteiger partial charge in [0.1, 0.15) is 21.9 Å². The van der Waals surface area contributed by atoms with Gasteiger partial charge in [-0.05, 0) is 0 Å². The quantitative estimate of drug-likeness (QED) is 0.298. The molecule has 10 nitrogen and oxygen atoms in total.